The lowest BCUT2D eigenvalue weighted by Crippen LogP contribution is -2.25. The summed E-state index contributed by atoms with van der Waals surface area (Å²) in [5.41, 5.74) is 5.77. The van der Waals surface area contributed by atoms with Crippen LogP contribution in [-0.4, -0.2) is 22.5 Å². The summed E-state index contributed by atoms with van der Waals surface area (Å²) in [4.78, 5) is 12.0. The molecule has 4 nitrogen and oxygen atoms in total. The molecule has 0 aromatic heterocycles. The first-order valence-electron chi connectivity index (χ1n) is 4.95. The number of thiocarbonyl (C=S) groups is 1. The van der Waals surface area contributed by atoms with E-state index in [1.165, 1.54) is 12.1 Å². The molecule has 0 aliphatic carbocycles. The second-order valence-corrected chi connectivity index (χ2v) is 3.90. The molecule has 5 heteroatoms. The van der Waals surface area contributed by atoms with Crippen molar-refractivity contribution in [3.8, 4) is 5.75 Å². The zero-order valence-electron chi connectivity index (χ0n) is 8.77. The van der Waals surface area contributed by atoms with Gasteiger partial charge < -0.3 is 16.2 Å². The Labute approximate surface area is 99.5 Å². The Morgan fingerprint density at radius 1 is 1.50 bits per heavy atom. The fraction of sp³-hybridized carbons (Fsp3) is 0.273. The van der Waals surface area contributed by atoms with Crippen molar-refractivity contribution in [2.75, 3.05) is 6.54 Å². The molecule has 0 aliphatic rings. The molecule has 0 atom stereocenters. The number of rotatable bonds is 5. The summed E-state index contributed by atoms with van der Waals surface area (Å²) in [6, 6.07) is 6.20. The third kappa shape index (κ3) is 4.27. The highest BCUT2D eigenvalue weighted by molar-refractivity contribution is 7.80. The molecule has 0 bridgehead atoms. The van der Waals surface area contributed by atoms with E-state index in [0.29, 0.717) is 23.5 Å². The van der Waals surface area contributed by atoms with Crippen molar-refractivity contribution < 1.29 is 9.90 Å². The van der Waals surface area contributed by atoms with Crippen molar-refractivity contribution in [2.45, 2.75) is 12.8 Å². The van der Waals surface area contributed by atoms with Crippen LogP contribution in [0.15, 0.2) is 24.3 Å². The molecule has 86 valence electrons. The average Bonchev–Trinajstić information content (AvgIpc) is 2.24. The summed E-state index contributed by atoms with van der Waals surface area (Å²) in [5.74, 6) is -0.130. The summed E-state index contributed by atoms with van der Waals surface area (Å²) >= 11 is 4.72. The van der Waals surface area contributed by atoms with Gasteiger partial charge in [0.1, 0.15) is 5.75 Å². The standard InChI is InChI=1S/C11H14N2O2S/c12-10(16)5-2-6-13-11(15)8-3-1-4-9(14)7-8/h1,3-4,7,14H,2,5-6H2,(H2,12,16)(H,13,15). The van der Waals surface area contributed by atoms with Gasteiger partial charge in [-0.25, -0.2) is 0 Å². The molecule has 1 amide bonds. The molecule has 0 spiro atoms. The summed E-state index contributed by atoms with van der Waals surface area (Å²) in [6.45, 7) is 0.520. The minimum absolute atomic E-state index is 0.0794. The van der Waals surface area contributed by atoms with Crippen LogP contribution in [0, 0.1) is 0 Å². The summed E-state index contributed by atoms with van der Waals surface area (Å²) in [7, 11) is 0. The first-order chi connectivity index (χ1) is 7.59. The number of hydrogen-bond donors (Lipinski definition) is 3. The molecule has 0 fully saturated rings. The molecule has 4 N–H and O–H groups in total. The van der Waals surface area contributed by atoms with Crippen molar-refractivity contribution in [1.82, 2.24) is 5.32 Å². The van der Waals surface area contributed by atoms with Crippen LogP contribution in [0.3, 0.4) is 0 Å². The van der Waals surface area contributed by atoms with E-state index in [1.54, 1.807) is 12.1 Å². The van der Waals surface area contributed by atoms with Gasteiger partial charge in [0, 0.05) is 12.1 Å². The van der Waals surface area contributed by atoms with Crippen LogP contribution in [0.4, 0.5) is 0 Å². The van der Waals surface area contributed by atoms with Gasteiger partial charge in [-0.1, -0.05) is 18.3 Å². The number of aromatic hydroxyl groups is 1. The Balaban J connectivity index is 2.38. The van der Waals surface area contributed by atoms with Crippen LogP contribution in [-0.2, 0) is 0 Å². The van der Waals surface area contributed by atoms with Crippen LogP contribution < -0.4 is 11.1 Å². The predicted molar refractivity (Wildman–Crippen MR) is 66.5 cm³/mol. The van der Waals surface area contributed by atoms with Crippen LogP contribution in [0.25, 0.3) is 0 Å². The number of carbonyl (C=O) groups excluding carboxylic acids is 1. The lowest BCUT2D eigenvalue weighted by molar-refractivity contribution is 0.0953. The van der Waals surface area contributed by atoms with Crippen LogP contribution >= 0.6 is 12.2 Å². The lowest BCUT2D eigenvalue weighted by atomic mass is 10.2. The Bertz CT molecular complexity index is 393. The van der Waals surface area contributed by atoms with Gasteiger partial charge >= 0.3 is 0 Å². The Kier molecular flexibility index (Phi) is 4.72. The minimum atomic E-state index is -0.209. The Morgan fingerprint density at radius 3 is 2.88 bits per heavy atom. The number of amides is 1. The second kappa shape index (κ2) is 6.07. The van der Waals surface area contributed by atoms with E-state index in [-0.39, 0.29) is 11.7 Å². The number of nitrogens with two attached hydrogens (primary N) is 1. The van der Waals surface area contributed by atoms with Crippen LogP contribution in [0.1, 0.15) is 23.2 Å². The molecule has 1 aromatic carbocycles. The molecule has 0 unspecified atom stereocenters. The largest absolute Gasteiger partial charge is 0.508 e. The zero-order valence-corrected chi connectivity index (χ0v) is 9.59. The first kappa shape index (κ1) is 12.4. The van der Waals surface area contributed by atoms with E-state index < -0.39 is 0 Å². The normalized spacial score (nSPS) is 9.75. The van der Waals surface area contributed by atoms with Crippen molar-refractivity contribution in [3.05, 3.63) is 29.8 Å². The summed E-state index contributed by atoms with van der Waals surface area (Å²) < 4.78 is 0. The lowest BCUT2D eigenvalue weighted by Gasteiger charge is -2.04. The molecular weight excluding hydrogens is 224 g/mol. The first-order valence-corrected chi connectivity index (χ1v) is 5.36. The molecule has 0 saturated carbocycles. The number of benzene rings is 1. The fourth-order valence-electron chi connectivity index (χ4n) is 1.21. The third-order valence-electron chi connectivity index (χ3n) is 1.99. The maximum atomic E-state index is 11.6. The molecule has 16 heavy (non-hydrogen) atoms. The smallest absolute Gasteiger partial charge is 0.251 e. The Hall–Kier alpha value is -1.62. The monoisotopic (exact) mass is 238 g/mol. The molecule has 1 rings (SSSR count). The van der Waals surface area contributed by atoms with Gasteiger partial charge in [-0.05, 0) is 31.0 Å². The highest BCUT2D eigenvalue weighted by Crippen LogP contribution is 2.10. The van der Waals surface area contributed by atoms with Gasteiger partial charge in [0.2, 0.25) is 0 Å². The topological polar surface area (TPSA) is 75.3 Å². The SMILES string of the molecule is NC(=S)CCCNC(=O)c1cccc(O)c1. The van der Waals surface area contributed by atoms with E-state index >= 15 is 0 Å². The van der Waals surface area contributed by atoms with Gasteiger partial charge in [-0.3, -0.25) is 4.79 Å². The summed E-state index contributed by atoms with van der Waals surface area (Å²) in [6.07, 6.45) is 1.34. The van der Waals surface area contributed by atoms with Crippen molar-refractivity contribution in [1.29, 1.82) is 0 Å². The van der Waals surface area contributed by atoms with Gasteiger partial charge in [-0.2, -0.15) is 0 Å². The number of carbonyl (C=O) groups is 1. The molecule has 0 radical (unpaired) electrons. The predicted octanol–water partition coefficient (Wildman–Crippen LogP) is 1.19. The number of phenols is 1. The molecule has 0 saturated heterocycles. The van der Waals surface area contributed by atoms with Crippen LogP contribution in [0.5, 0.6) is 5.75 Å². The maximum absolute atomic E-state index is 11.6. The van der Waals surface area contributed by atoms with Gasteiger partial charge in [0.25, 0.3) is 5.91 Å². The van der Waals surface area contributed by atoms with E-state index in [4.69, 9.17) is 18.0 Å². The maximum Gasteiger partial charge on any atom is 0.251 e. The van der Waals surface area contributed by atoms with Gasteiger partial charge in [0.15, 0.2) is 0 Å². The highest BCUT2D eigenvalue weighted by atomic mass is 32.1. The van der Waals surface area contributed by atoms with Crippen molar-refractivity contribution in [3.63, 3.8) is 0 Å². The minimum Gasteiger partial charge on any atom is -0.508 e. The van der Waals surface area contributed by atoms with E-state index in [1.807, 2.05) is 0 Å². The number of hydrogen-bond acceptors (Lipinski definition) is 3. The average molecular weight is 238 g/mol. The van der Waals surface area contributed by atoms with Gasteiger partial charge in [0.05, 0.1) is 4.99 Å². The van der Waals surface area contributed by atoms with Crippen molar-refractivity contribution >= 4 is 23.1 Å². The quantitative estimate of drug-likeness (QED) is 0.532. The third-order valence-corrected chi connectivity index (χ3v) is 2.20. The van der Waals surface area contributed by atoms with E-state index in [2.05, 4.69) is 5.32 Å². The number of phenolic OH excluding ortho intramolecular Hbond substituents is 1. The van der Waals surface area contributed by atoms with Crippen molar-refractivity contribution in [2.24, 2.45) is 5.73 Å². The molecule has 0 heterocycles. The van der Waals surface area contributed by atoms with Crippen LogP contribution in [0.2, 0.25) is 0 Å². The Morgan fingerprint density at radius 2 is 2.25 bits per heavy atom. The van der Waals surface area contributed by atoms with E-state index in [0.717, 1.165) is 6.42 Å². The summed E-state index contributed by atoms with van der Waals surface area (Å²) in [5, 5.41) is 11.9. The zero-order chi connectivity index (χ0) is 12.0. The molecule has 1 aromatic rings. The number of nitrogens with one attached hydrogen (secondary N) is 1. The second-order valence-electron chi connectivity index (χ2n) is 3.38. The molecular formula is C11H14N2O2S. The van der Waals surface area contributed by atoms with Gasteiger partial charge in [-0.15, -0.1) is 0 Å². The highest BCUT2D eigenvalue weighted by Gasteiger charge is 2.04. The fourth-order valence-corrected chi connectivity index (χ4v) is 1.36. The molecule has 0 aliphatic heterocycles. The van der Waals surface area contributed by atoms with E-state index in [9.17, 15) is 9.90 Å².